The largest absolute Gasteiger partial charge is 0.396 e. The highest BCUT2D eigenvalue weighted by atomic mass is 79.9. The fourth-order valence-corrected chi connectivity index (χ4v) is 1.79. The minimum absolute atomic E-state index is 0.433. The van der Waals surface area contributed by atoms with E-state index in [1.165, 1.54) is 6.20 Å². The average Bonchev–Trinajstić information content (AvgIpc) is 2.57. The second kappa shape index (κ2) is 4.18. The van der Waals surface area contributed by atoms with E-state index in [-0.39, 0.29) is 0 Å². The Morgan fingerprint density at radius 1 is 1.47 bits per heavy atom. The molecule has 86 valence electrons. The van der Waals surface area contributed by atoms with Gasteiger partial charge >= 0.3 is 0 Å². The van der Waals surface area contributed by atoms with E-state index >= 15 is 0 Å². The predicted molar refractivity (Wildman–Crippen MR) is 67.7 cm³/mol. The SMILES string of the molecule is Cc1nn(-c2ncc(C#N)cc2N)c(C)c1Br. The predicted octanol–water partition coefficient (Wildman–Crippen LogP) is 2.10. The molecule has 2 heterocycles. The molecule has 2 aromatic heterocycles. The van der Waals surface area contributed by atoms with Gasteiger partial charge in [0.05, 0.1) is 27.1 Å². The van der Waals surface area contributed by atoms with E-state index in [1.807, 2.05) is 19.9 Å². The molecule has 2 rings (SSSR count). The van der Waals surface area contributed by atoms with Crippen LogP contribution in [0.2, 0.25) is 0 Å². The molecule has 17 heavy (non-hydrogen) atoms. The summed E-state index contributed by atoms with van der Waals surface area (Å²) in [4.78, 5) is 4.17. The van der Waals surface area contributed by atoms with Gasteiger partial charge in [0.1, 0.15) is 6.07 Å². The molecule has 0 saturated carbocycles. The Labute approximate surface area is 107 Å². The molecule has 0 atom stereocenters. The quantitative estimate of drug-likeness (QED) is 0.872. The number of nitrogens with zero attached hydrogens (tertiary/aromatic N) is 4. The first-order valence-corrected chi connectivity index (χ1v) is 5.71. The molecule has 6 heteroatoms. The number of hydrogen-bond donors (Lipinski definition) is 1. The molecule has 0 bridgehead atoms. The van der Waals surface area contributed by atoms with Crippen LogP contribution < -0.4 is 5.73 Å². The molecule has 0 saturated heterocycles. The van der Waals surface area contributed by atoms with Crippen molar-refractivity contribution in [2.75, 3.05) is 5.73 Å². The first-order valence-electron chi connectivity index (χ1n) is 4.92. The first kappa shape index (κ1) is 11.6. The molecule has 0 aliphatic carbocycles. The van der Waals surface area contributed by atoms with Gasteiger partial charge in [0.2, 0.25) is 0 Å². The third-order valence-electron chi connectivity index (χ3n) is 2.43. The van der Waals surface area contributed by atoms with Crippen LogP contribution in [0.4, 0.5) is 5.69 Å². The summed E-state index contributed by atoms with van der Waals surface area (Å²) in [5.41, 5.74) is 8.53. The Morgan fingerprint density at radius 3 is 2.65 bits per heavy atom. The zero-order chi connectivity index (χ0) is 12.6. The number of rotatable bonds is 1. The van der Waals surface area contributed by atoms with Crippen molar-refractivity contribution >= 4 is 21.6 Å². The topological polar surface area (TPSA) is 80.5 Å². The van der Waals surface area contributed by atoms with Crippen molar-refractivity contribution in [2.24, 2.45) is 0 Å². The molecule has 0 unspecified atom stereocenters. The van der Waals surface area contributed by atoms with Gasteiger partial charge in [-0.25, -0.2) is 9.67 Å². The third kappa shape index (κ3) is 1.89. The van der Waals surface area contributed by atoms with Crippen molar-refractivity contribution in [3.05, 3.63) is 33.7 Å². The minimum atomic E-state index is 0.433. The molecule has 0 aromatic carbocycles. The fraction of sp³-hybridized carbons (Fsp3) is 0.182. The van der Waals surface area contributed by atoms with Crippen LogP contribution in [0.5, 0.6) is 0 Å². The first-order chi connectivity index (χ1) is 8.04. The summed E-state index contributed by atoms with van der Waals surface area (Å²) in [6.45, 7) is 3.82. The number of aryl methyl sites for hydroxylation is 1. The lowest BCUT2D eigenvalue weighted by molar-refractivity contribution is 0.808. The van der Waals surface area contributed by atoms with E-state index in [4.69, 9.17) is 11.0 Å². The van der Waals surface area contributed by atoms with E-state index in [2.05, 4.69) is 26.0 Å². The zero-order valence-corrected chi connectivity index (χ0v) is 11.0. The van der Waals surface area contributed by atoms with E-state index in [0.29, 0.717) is 17.1 Å². The van der Waals surface area contributed by atoms with Crippen LogP contribution in [0.15, 0.2) is 16.7 Å². The van der Waals surface area contributed by atoms with Gasteiger partial charge in [-0.15, -0.1) is 0 Å². The summed E-state index contributed by atoms with van der Waals surface area (Å²) >= 11 is 3.45. The van der Waals surface area contributed by atoms with E-state index in [1.54, 1.807) is 10.7 Å². The Morgan fingerprint density at radius 2 is 2.18 bits per heavy atom. The lowest BCUT2D eigenvalue weighted by Crippen LogP contribution is -2.06. The number of halogens is 1. The second-order valence-corrected chi connectivity index (χ2v) is 4.44. The molecule has 0 aliphatic heterocycles. The van der Waals surface area contributed by atoms with Crippen molar-refractivity contribution in [1.29, 1.82) is 5.26 Å². The van der Waals surface area contributed by atoms with Crippen LogP contribution >= 0.6 is 15.9 Å². The van der Waals surface area contributed by atoms with Gasteiger partial charge < -0.3 is 5.73 Å². The third-order valence-corrected chi connectivity index (χ3v) is 3.58. The summed E-state index contributed by atoms with van der Waals surface area (Å²) in [5.74, 6) is 0.537. The summed E-state index contributed by atoms with van der Waals surface area (Å²) < 4.78 is 2.60. The molecule has 2 aromatic rings. The van der Waals surface area contributed by atoms with Crippen LogP contribution in [0.1, 0.15) is 17.0 Å². The van der Waals surface area contributed by atoms with Crippen LogP contribution in [-0.4, -0.2) is 14.8 Å². The smallest absolute Gasteiger partial charge is 0.176 e. The molecule has 2 N–H and O–H groups in total. The number of anilines is 1. The van der Waals surface area contributed by atoms with Crippen LogP contribution in [0.25, 0.3) is 5.82 Å². The Kier molecular flexibility index (Phi) is 2.86. The van der Waals surface area contributed by atoms with Gasteiger partial charge in [-0.3, -0.25) is 0 Å². The molecule has 0 amide bonds. The molecule has 0 aliphatic rings. The lowest BCUT2D eigenvalue weighted by atomic mass is 10.3. The minimum Gasteiger partial charge on any atom is -0.396 e. The maximum absolute atomic E-state index is 8.75. The van der Waals surface area contributed by atoms with Gasteiger partial charge in [-0.05, 0) is 35.8 Å². The lowest BCUT2D eigenvalue weighted by Gasteiger charge is -2.06. The van der Waals surface area contributed by atoms with Gasteiger partial charge in [0.15, 0.2) is 5.82 Å². The number of nitrogen functional groups attached to an aromatic ring is 1. The van der Waals surface area contributed by atoms with Gasteiger partial charge in [-0.1, -0.05) is 0 Å². The van der Waals surface area contributed by atoms with Crippen LogP contribution in [0.3, 0.4) is 0 Å². The molecular formula is C11H10BrN5. The van der Waals surface area contributed by atoms with Crippen molar-refractivity contribution < 1.29 is 0 Å². The highest BCUT2D eigenvalue weighted by Gasteiger charge is 2.13. The molecule has 5 nitrogen and oxygen atoms in total. The molecule has 0 fully saturated rings. The van der Waals surface area contributed by atoms with Gasteiger partial charge in [0, 0.05) is 6.20 Å². The normalized spacial score (nSPS) is 10.2. The summed E-state index contributed by atoms with van der Waals surface area (Å²) in [5, 5.41) is 13.1. The fourth-order valence-electron chi connectivity index (χ4n) is 1.54. The van der Waals surface area contributed by atoms with E-state index in [9.17, 15) is 0 Å². The van der Waals surface area contributed by atoms with E-state index in [0.717, 1.165) is 15.9 Å². The van der Waals surface area contributed by atoms with Crippen molar-refractivity contribution in [2.45, 2.75) is 13.8 Å². The Hall–Kier alpha value is -1.87. The van der Waals surface area contributed by atoms with Crippen molar-refractivity contribution in [1.82, 2.24) is 14.8 Å². The highest BCUT2D eigenvalue weighted by Crippen LogP contribution is 2.24. The van der Waals surface area contributed by atoms with Crippen molar-refractivity contribution in [3.8, 4) is 11.9 Å². The summed E-state index contributed by atoms with van der Waals surface area (Å²) in [7, 11) is 0. The van der Waals surface area contributed by atoms with Crippen molar-refractivity contribution in [3.63, 3.8) is 0 Å². The highest BCUT2D eigenvalue weighted by molar-refractivity contribution is 9.10. The summed E-state index contributed by atoms with van der Waals surface area (Å²) in [6.07, 6.45) is 1.48. The summed E-state index contributed by atoms with van der Waals surface area (Å²) in [6, 6.07) is 3.59. The maximum atomic E-state index is 8.75. The van der Waals surface area contributed by atoms with Crippen LogP contribution in [-0.2, 0) is 0 Å². The second-order valence-electron chi connectivity index (χ2n) is 3.65. The number of pyridine rings is 1. The number of hydrogen-bond acceptors (Lipinski definition) is 4. The molecule has 0 spiro atoms. The Bertz CT molecular complexity index is 624. The number of nitrogens with two attached hydrogens (primary N) is 1. The standard InChI is InChI=1S/C11H10BrN5/c1-6-10(12)7(2)17(16-6)11-9(14)3-8(4-13)5-15-11/h3,5H,14H2,1-2H3. The average molecular weight is 292 g/mol. The molecular weight excluding hydrogens is 282 g/mol. The Balaban J connectivity index is 2.62. The zero-order valence-electron chi connectivity index (χ0n) is 9.40. The van der Waals surface area contributed by atoms with E-state index < -0.39 is 0 Å². The monoisotopic (exact) mass is 291 g/mol. The number of nitriles is 1. The van der Waals surface area contributed by atoms with Gasteiger partial charge in [-0.2, -0.15) is 10.4 Å². The van der Waals surface area contributed by atoms with Crippen LogP contribution in [0, 0.1) is 25.2 Å². The molecule has 0 radical (unpaired) electrons. The van der Waals surface area contributed by atoms with Gasteiger partial charge in [0.25, 0.3) is 0 Å². The maximum Gasteiger partial charge on any atom is 0.176 e. The number of aromatic nitrogens is 3.